The first kappa shape index (κ1) is 16.0. The summed E-state index contributed by atoms with van der Waals surface area (Å²) in [6.07, 6.45) is 0.862. The van der Waals surface area contributed by atoms with E-state index in [-0.39, 0.29) is 11.4 Å². The summed E-state index contributed by atoms with van der Waals surface area (Å²) >= 11 is 1.47. The summed E-state index contributed by atoms with van der Waals surface area (Å²) in [5, 5.41) is 8.50. The zero-order valence-corrected chi connectivity index (χ0v) is 14.2. The number of nitrogens with one attached hydrogen (secondary N) is 1. The Morgan fingerprint density at radius 1 is 1.57 bits per heavy atom. The van der Waals surface area contributed by atoms with Crippen LogP contribution in [-0.4, -0.2) is 27.8 Å². The lowest BCUT2D eigenvalue weighted by Gasteiger charge is -2.31. The quantitative estimate of drug-likeness (QED) is 0.891. The van der Waals surface area contributed by atoms with Crippen LogP contribution in [0.2, 0.25) is 0 Å². The van der Waals surface area contributed by atoms with Crippen LogP contribution in [0, 0.1) is 12.8 Å². The first-order valence-corrected chi connectivity index (χ1v) is 8.03. The van der Waals surface area contributed by atoms with Crippen LogP contribution >= 0.6 is 11.3 Å². The molecule has 2 heterocycles. The maximum absolute atomic E-state index is 12.5. The van der Waals surface area contributed by atoms with Crippen LogP contribution < -0.4 is 11.1 Å². The van der Waals surface area contributed by atoms with Crippen molar-refractivity contribution in [1.82, 2.24) is 15.1 Å². The van der Waals surface area contributed by atoms with E-state index < -0.39 is 0 Å². The van der Waals surface area contributed by atoms with E-state index in [0.717, 1.165) is 22.3 Å². The minimum Gasteiger partial charge on any atom is -0.345 e. The number of hydrogen-bond donors (Lipinski definition) is 2. The van der Waals surface area contributed by atoms with Gasteiger partial charge in [-0.25, -0.2) is 0 Å². The molecule has 1 amide bonds. The molecule has 116 valence electrons. The average molecular weight is 308 g/mol. The molecule has 0 radical (unpaired) electrons. The van der Waals surface area contributed by atoms with E-state index in [1.54, 1.807) is 0 Å². The number of carbonyl (C=O) groups is 1. The molecule has 1 unspecified atom stereocenters. The zero-order chi connectivity index (χ0) is 15.8. The van der Waals surface area contributed by atoms with E-state index in [1.165, 1.54) is 11.3 Å². The van der Waals surface area contributed by atoms with Gasteiger partial charge < -0.3 is 11.1 Å². The Kier molecular flexibility index (Phi) is 4.39. The SMILES string of the molecule is Cc1nn(C)c2sc(C(=O)NC(C)(CN)CC(C)C)cc12. The van der Waals surface area contributed by atoms with Crippen molar-refractivity contribution in [1.29, 1.82) is 0 Å². The maximum atomic E-state index is 12.5. The Morgan fingerprint density at radius 2 is 2.24 bits per heavy atom. The second kappa shape index (κ2) is 5.77. The van der Waals surface area contributed by atoms with Gasteiger partial charge in [0.15, 0.2) is 0 Å². The topological polar surface area (TPSA) is 72.9 Å². The van der Waals surface area contributed by atoms with Crippen molar-refractivity contribution in [2.75, 3.05) is 6.54 Å². The van der Waals surface area contributed by atoms with Gasteiger partial charge in [0.2, 0.25) is 0 Å². The third-order valence-corrected chi connectivity index (χ3v) is 4.85. The summed E-state index contributed by atoms with van der Waals surface area (Å²) < 4.78 is 1.82. The lowest BCUT2D eigenvalue weighted by molar-refractivity contribution is 0.0902. The van der Waals surface area contributed by atoms with Crippen LogP contribution in [0.3, 0.4) is 0 Å². The minimum absolute atomic E-state index is 0.0517. The number of amides is 1. The molecule has 2 aromatic heterocycles. The molecule has 2 rings (SSSR count). The Labute approximate surface area is 129 Å². The van der Waals surface area contributed by atoms with E-state index in [0.29, 0.717) is 17.3 Å². The molecule has 1 atom stereocenters. The van der Waals surface area contributed by atoms with Gasteiger partial charge in [-0.3, -0.25) is 9.48 Å². The molecule has 3 N–H and O–H groups in total. The largest absolute Gasteiger partial charge is 0.345 e. The van der Waals surface area contributed by atoms with Gasteiger partial charge in [-0.05, 0) is 32.3 Å². The highest BCUT2D eigenvalue weighted by molar-refractivity contribution is 7.20. The second-order valence-electron chi connectivity index (χ2n) is 6.36. The minimum atomic E-state index is -0.366. The molecule has 0 aliphatic carbocycles. The summed E-state index contributed by atoms with van der Waals surface area (Å²) in [5.74, 6) is 0.428. The fraction of sp³-hybridized carbons (Fsp3) is 0.600. The normalized spacial score (nSPS) is 14.6. The molecular formula is C15H24N4OS. The molecule has 2 aromatic rings. The fourth-order valence-electron chi connectivity index (χ4n) is 2.74. The highest BCUT2D eigenvalue weighted by atomic mass is 32.1. The summed E-state index contributed by atoms with van der Waals surface area (Å²) in [6, 6.07) is 1.92. The first-order valence-electron chi connectivity index (χ1n) is 7.21. The summed E-state index contributed by atoms with van der Waals surface area (Å²) in [6.45, 7) is 8.66. The molecule has 5 nitrogen and oxygen atoms in total. The summed E-state index contributed by atoms with van der Waals surface area (Å²) in [4.78, 5) is 14.2. The molecule has 0 aliphatic rings. The highest BCUT2D eigenvalue weighted by Crippen LogP contribution is 2.28. The van der Waals surface area contributed by atoms with Crippen molar-refractivity contribution >= 4 is 27.5 Å². The number of aryl methyl sites for hydroxylation is 2. The molecule has 6 heteroatoms. The van der Waals surface area contributed by atoms with Gasteiger partial charge in [0, 0.05) is 19.0 Å². The van der Waals surface area contributed by atoms with Crippen molar-refractivity contribution in [2.24, 2.45) is 18.7 Å². The van der Waals surface area contributed by atoms with Crippen molar-refractivity contribution < 1.29 is 4.79 Å². The fourth-order valence-corrected chi connectivity index (χ4v) is 3.76. The molecule has 0 spiro atoms. The lowest BCUT2D eigenvalue weighted by atomic mass is 9.90. The van der Waals surface area contributed by atoms with Crippen molar-refractivity contribution in [3.63, 3.8) is 0 Å². The van der Waals surface area contributed by atoms with Gasteiger partial charge in [0.1, 0.15) is 4.83 Å². The standard InChI is InChI=1S/C15H24N4OS/c1-9(2)7-15(4,8-16)17-13(20)12-6-11-10(3)18-19(5)14(11)21-12/h6,9H,7-8,16H2,1-5H3,(H,17,20). The lowest BCUT2D eigenvalue weighted by Crippen LogP contribution is -2.52. The Balaban J connectivity index is 2.23. The summed E-state index contributed by atoms with van der Waals surface area (Å²) in [7, 11) is 1.90. The molecule has 0 saturated heterocycles. The van der Waals surface area contributed by atoms with Gasteiger partial charge in [-0.1, -0.05) is 13.8 Å². The van der Waals surface area contributed by atoms with Gasteiger partial charge in [-0.15, -0.1) is 11.3 Å². The molecule has 21 heavy (non-hydrogen) atoms. The van der Waals surface area contributed by atoms with E-state index in [1.807, 2.05) is 31.6 Å². The first-order chi connectivity index (χ1) is 9.75. The van der Waals surface area contributed by atoms with Crippen molar-refractivity contribution in [3.8, 4) is 0 Å². The molecule has 0 fully saturated rings. The van der Waals surface area contributed by atoms with Crippen LogP contribution in [0.15, 0.2) is 6.07 Å². The second-order valence-corrected chi connectivity index (χ2v) is 7.39. The third-order valence-electron chi connectivity index (χ3n) is 3.64. The summed E-state index contributed by atoms with van der Waals surface area (Å²) in [5.41, 5.74) is 6.44. The number of nitrogens with zero attached hydrogens (tertiary/aromatic N) is 2. The highest BCUT2D eigenvalue weighted by Gasteiger charge is 2.27. The van der Waals surface area contributed by atoms with Gasteiger partial charge in [0.25, 0.3) is 5.91 Å². The molecule has 0 bridgehead atoms. The van der Waals surface area contributed by atoms with E-state index >= 15 is 0 Å². The smallest absolute Gasteiger partial charge is 0.261 e. The van der Waals surface area contributed by atoms with Crippen LogP contribution in [0.1, 0.15) is 42.6 Å². The number of fused-ring (bicyclic) bond motifs is 1. The molecular weight excluding hydrogens is 284 g/mol. The Hall–Kier alpha value is -1.40. The van der Waals surface area contributed by atoms with Crippen LogP contribution in [-0.2, 0) is 7.05 Å². The molecule has 0 aromatic carbocycles. The predicted octanol–water partition coefficient (Wildman–Crippen LogP) is 2.44. The number of rotatable bonds is 5. The number of nitrogens with two attached hydrogens (primary N) is 1. The average Bonchev–Trinajstić information content (AvgIpc) is 2.91. The monoisotopic (exact) mass is 308 g/mol. The van der Waals surface area contributed by atoms with Crippen LogP contribution in [0.5, 0.6) is 0 Å². The number of hydrogen-bond acceptors (Lipinski definition) is 4. The number of thiophene rings is 1. The van der Waals surface area contributed by atoms with Gasteiger partial charge in [0.05, 0.1) is 16.1 Å². The number of carbonyl (C=O) groups excluding carboxylic acids is 1. The number of aromatic nitrogens is 2. The zero-order valence-electron chi connectivity index (χ0n) is 13.4. The van der Waals surface area contributed by atoms with Gasteiger partial charge in [-0.2, -0.15) is 5.10 Å². The van der Waals surface area contributed by atoms with E-state index in [4.69, 9.17) is 5.73 Å². The predicted molar refractivity (Wildman–Crippen MR) is 87.7 cm³/mol. The third kappa shape index (κ3) is 3.27. The van der Waals surface area contributed by atoms with Crippen molar-refractivity contribution in [3.05, 3.63) is 16.6 Å². The Bertz CT molecular complexity index is 623. The van der Waals surface area contributed by atoms with Crippen LogP contribution in [0.25, 0.3) is 10.2 Å². The molecule has 0 aliphatic heterocycles. The van der Waals surface area contributed by atoms with E-state index in [9.17, 15) is 4.79 Å². The van der Waals surface area contributed by atoms with E-state index in [2.05, 4.69) is 24.3 Å². The maximum Gasteiger partial charge on any atom is 0.261 e. The molecule has 0 saturated carbocycles. The van der Waals surface area contributed by atoms with Crippen LogP contribution in [0.4, 0.5) is 0 Å². The van der Waals surface area contributed by atoms with Crippen molar-refractivity contribution in [2.45, 2.75) is 39.7 Å². The Morgan fingerprint density at radius 3 is 2.76 bits per heavy atom. The van der Waals surface area contributed by atoms with Gasteiger partial charge >= 0.3 is 0 Å².